The van der Waals surface area contributed by atoms with Crippen LogP contribution in [-0.4, -0.2) is 42.6 Å². The Kier molecular flexibility index (Phi) is 5.67. The standard InChI is InChI=1S/C26H24N4O3S/c1-28(18-20-17-27-29(19-20)23-10-3-2-4-11-23)26(31)22-9-7-12-24(16-22)34(32,33)30-15-14-21-8-5-6-13-25(21)30/h2-13,16-17,19H,14-15,18H2,1H3. The summed E-state index contributed by atoms with van der Waals surface area (Å²) in [6.45, 7) is 0.743. The van der Waals surface area contributed by atoms with Gasteiger partial charge in [-0.3, -0.25) is 9.10 Å². The van der Waals surface area contributed by atoms with Crippen LogP contribution in [0, 0.1) is 0 Å². The highest BCUT2D eigenvalue weighted by atomic mass is 32.2. The molecular formula is C26H24N4O3S. The smallest absolute Gasteiger partial charge is 0.264 e. The quantitative estimate of drug-likeness (QED) is 0.427. The summed E-state index contributed by atoms with van der Waals surface area (Å²) >= 11 is 0. The fourth-order valence-electron chi connectivity index (χ4n) is 4.20. The van der Waals surface area contributed by atoms with Gasteiger partial charge in [-0.15, -0.1) is 0 Å². The van der Waals surface area contributed by atoms with Crippen molar-refractivity contribution in [2.24, 2.45) is 0 Å². The molecule has 1 aliphatic heterocycles. The molecule has 4 aromatic rings. The summed E-state index contributed by atoms with van der Waals surface area (Å²) in [5.74, 6) is -0.258. The minimum absolute atomic E-state index is 0.111. The number of benzene rings is 3. The van der Waals surface area contributed by atoms with Crippen LogP contribution in [-0.2, 0) is 23.0 Å². The molecule has 0 atom stereocenters. The molecule has 8 heteroatoms. The van der Waals surface area contributed by atoms with Crippen molar-refractivity contribution in [3.05, 3.63) is 108 Å². The first-order valence-electron chi connectivity index (χ1n) is 11.0. The molecule has 0 saturated heterocycles. The third-order valence-corrected chi connectivity index (χ3v) is 7.75. The van der Waals surface area contributed by atoms with Gasteiger partial charge >= 0.3 is 0 Å². The van der Waals surface area contributed by atoms with Gasteiger partial charge in [-0.1, -0.05) is 42.5 Å². The van der Waals surface area contributed by atoms with Crippen molar-refractivity contribution in [1.29, 1.82) is 0 Å². The zero-order valence-corrected chi connectivity index (χ0v) is 19.5. The van der Waals surface area contributed by atoms with Gasteiger partial charge in [-0.05, 0) is 48.4 Å². The molecule has 34 heavy (non-hydrogen) atoms. The molecule has 1 aliphatic rings. The van der Waals surface area contributed by atoms with E-state index in [0.29, 0.717) is 30.8 Å². The number of amides is 1. The summed E-state index contributed by atoms with van der Waals surface area (Å²) < 4.78 is 29.9. The van der Waals surface area contributed by atoms with Gasteiger partial charge in [0, 0.05) is 37.5 Å². The third-order valence-electron chi connectivity index (χ3n) is 5.94. The molecule has 5 rings (SSSR count). The van der Waals surface area contributed by atoms with Crippen LogP contribution in [0.2, 0.25) is 0 Å². The topological polar surface area (TPSA) is 75.5 Å². The summed E-state index contributed by atoms with van der Waals surface area (Å²) in [6.07, 6.45) is 4.28. The molecule has 0 saturated carbocycles. The maximum atomic E-state index is 13.4. The van der Waals surface area contributed by atoms with Crippen LogP contribution >= 0.6 is 0 Å². The molecule has 0 fully saturated rings. The van der Waals surface area contributed by atoms with E-state index in [0.717, 1.165) is 16.8 Å². The van der Waals surface area contributed by atoms with Gasteiger partial charge in [0.1, 0.15) is 0 Å². The highest BCUT2D eigenvalue weighted by molar-refractivity contribution is 7.92. The molecule has 0 N–H and O–H groups in total. The van der Waals surface area contributed by atoms with Crippen LogP contribution in [0.1, 0.15) is 21.5 Å². The van der Waals surface area contributed by atoms with Crippen molar-refractivity contribution in [3.8, 4) is 5.69 Å². The van der Waals surface area contributed by atoms with E-state index in [-0.39, 0.29) is 10.8 Å². The molecular weight excluding hydrogens is 448 g/mol. The number of carbonyl (C=O) groups excluding carboxylic acids is 1. The Balaban J connectivity index is 1.34. The number of carbonyl (C=O) groups is 1. The van der Waals surface area contributed by atoms with Gasteiger partial charge in [-0.25, -0.2) is 13.1 Å². The normalized spacial score (nSPS) is 13.0. The number of anilines is 1. The Morgan fingerprint density at radius 3 is 2.59 bits per heavy atom. The molecule has 1 aromatic heterocycles. The first-order valence-corrected chi connectivity index (χ1v) is 12.4. The molecule has 0 unspecified atom stereocenters. The van der Waals surface area contributed by atoms with Crippen LogP contribution in [0.15, 0.2) is 96.2 Å². The van der Waals surface area contributed by atoms with Crippen LogP contribution < -0.4 is 4.31 Å². The van der Waals surface area contributed by atoms with E-state index in [1.54, 1.807) is 35.0 Å². The second kappa shape index (κ2) is 8.79. The van der Waals surface area contributed by atoms with Crippen molar-refractivity contribution in [2.45, 2.75) is 17.9 Å². The Labute approximate surface area is 198 Å². The number of hydrogen-bond acceptors (Lipinski definition) is 4. The van der Waals surface area contributed by atoms with E-state index in [1.165, 1.54) is 16.4 Å². The fourth-order valence-corrected chi connectivity index (χ4v) is 5.75. The summed E-state index contributed by atoms with van der Waals surface area (Å²) in [4.78, 5) is 14.8. The summed E-state index contributed by atoms with van der Waals surface area (Å²) in [5, 5.41) is 4.37. The Hall–Kier alpha value is -3.91. The monoisotopic (exact) mass is 472 g/mol. The summed E-state index contributed by atoms with van der Waals surface area (Å²) in [5.41, 5.74) is 3.84. The van der Waals surface area contributed by atoms with Gasteiger partial charge in [-0.2, -0.15) is 5.10 Å². The van der Waals surface area contributed by atoms with Gasteiger partial charge in [0.05, 0.1) is 22.5 Å². The minimum atomic E-state index is -3.77. The van der Waals surface area contributed by atoms with Crippen molar-refractivity contribution in [1.82, 2.24) is 14.7 Å². The molecule has 0 aliphatic carbocycles. The number of sulfonamides is 1. The maximum Gasteiger partial charge on any atom is 0.264 e. The lowest BCUT2D eigenvalue weighted by Crippen LogP contribution is -2.30. The molecule has 7 nitrogen and oxygen atoms in total. The van der Waals surface area contributed by atoms with Crippen LogP contribution in [0.4, 0.5) is 5.69 Å². The van der Waals surface area contributed by atoms with Gasteiger partial charge in [0.2, 0.25) is 0 Å². The average molecular weight is 473 g/mol. The second-order valence-electron chi connectivity index (χ2n) is 8.27. The predicted molar refractivity (Wildman–Crippen MR) is 130 cm³/mol. The van der Waals surface area contributed by atoms with E-state index < -0.39 is 10.0 Å². The SMILES string of the molecule is CN(Cc1cnn(-c2ccccc2)c1)C(=O)c1cccc(S(=O)(=O)N2CCc3ccccc32)c1. The number of rotatable bonds is 6. The number of hydrogen-bond donors (Lipinski definition) is 0. The predicted octanol–water partition coefficient (Wildman–Crippen LogP) is 3.90. The van der Waals surface area contributed by atoms with E-state index in [9.17, 15) is 13.2 Å². The zero-order valence-electron chi connectivity index (χ0n) is 18.7. The van der Waals surface area contributed by atoms with Crippen LogP contribution in [0.3, 0.4) is 0 Å². The summed E-state index contributed by atoms with van der Waals surface area (Å²) in [6, 6.07) is 23.5. The highest BCUT2D eigenvalue weighted by Crippen LogP contribution is 2.32. The molecule has 0 bridgehead atoms. The molecule has 1 amide bonds. The molecule has 2 heterocycles. The van der Waals surface area contributed by atoms with E-state index in [4.69, 9.17) is 0 Å². The first-order chi connectivity index (χ1) is 16.4. The maximum absolute atomic E-state index is 13.4. The lowest BCUT2D eigenvalue weighted by Gasteiger charge is -2.21. The van der Waals surface area contributed by atoms with E-state index in [1.807, 2.05) is 60.8 Å². The van der Waals surface area contributed by atoms with Gasteiger partial charge in [0.25, 0.3) is 15.9 Å². The first kappa shape index (κ1) is 21.9. The van der Waals surface area contributed by atoms with E-state index in [2.05, 4.69) is 5.10 Å². The summed E-state index contributed by atoms with van der Waals surface area (Å²) in [7, 11) is -2.08. The third kappa shape index (κ3) is 4.08. The number of aromatic nitrogens is 2. The Morgan fingerprint density at radius 1 is 1.00 bits per heavy atom. The molecule has 3 aromatic carbocycles. The largest absolute Gasteiger partial charge is 0.337 e. The lowest BCUT2D eigenvalue weighted by atomic mass is 10.2. The molecule has 0 spiro atoms. The fraction of sp³-hybridized carbons (Fsp3) is 0.154. The van der Waals surface area contributed by atoms with Crippen LogP contribution in [0.25, 0.3) is 5.69 Å². The zero-order chi connectivity index (χ0) is 23.7. The molecule has 172 valence electrons. The second-order valence-corrected chi connectivity index (χ2v) is 10.1. The highest BCUT2D eigenvalue weighted by Gasteiger charge is 2.31. The van der Waals surface area contributed by atoms with Crippen LogP contribution in [0.5, 0.6) is 0 Å². The average Bonchev–Trinajstić information content (AvgIpc) is 3.52. The Bertz CT molecular complexity index is 1450. The van der Waals surface area contributed by atoms with Gasteiger partial charge < -0.3 is 4.90 Å². The van der Waals surface area contributed by atoms with Crippen molar-refractivity contribution in [3.63, 3.8) is 0 Å². The van der Waals surface area contributed by atoms with Gasteiger partial charge in [0.15, 0.2) is 0 Å². The molecule has 0 radical (unpaired) electrons. The lowest BCUT2D eigenvalue weighted by molar-refractivity contribution is 0.0785. The van der Waals surface area contributed by atoms with Crippen molar-refractivity contribution >= 4 is 21.6 Å². The van der Waals surface area contributed by atoms with Crippen molar-refractivity contribution in [2.75, 3.05) is 17.9 Å². The number of fused-ring (bicyclic) bond motifs is 1. The number of nitrogens with zero attached hydrogens (tertiary/aromatic N) is 4. The number of para-hydroxylation sites is 2. The van der Waals surface area contributed by atoms with Crippen molar-refractivity contribution < 1.29 is 13.2 Å². The van der Waals surface area contributed by atoms with E-state index >= 15 is 0 Å². The minimum Gasteiger partial charge on any atom is -0.337 e. The Morgan fingerprint density at radius 2 is 1.76 bits per heavy atom.